The fourth-order valence-corrected chi connectivity index (χ4v) is 4.02. The molecular weight excluding hydrogens is 374 g/mol. The maximum Gasteiger partial charge on any atom is 0.321 e. The molecule has 158 valence electrons. The number of nitro groups is 1. The fraction of sp³-hybridized carbons (Fsp3) is 0.600. The van der Waals surface area contributed by atoms with Crippen molar-refractivity contribution < 1.29 is 14.5 Å². The van der Waals surface area contributed by atoms with Crippen LogP contribution in [0.4, 0.5) is 16.2 Å². The van der Waals surface area contributed by atoms with E-state index in [9.17, 15) is 19.7 Å². The molecule has 1 atom stereocenters. The molecule has 0 aromatic heterocycles. The van der Waals surface area contributed by atoms with Gasteiger partial charge in [-0.15, -0.1) is 0 Å². The predicted octanol–water partition coefficient (Wildman–Crippen LogP) is 2.26. The van der Waals surface area contributed by atoms with E-state index in [4.69, 9.17) is 0 Å². The minimum Gasteiger partial charge on any atom is -0.369 e. The number of nitrogens with one attached hydrogen (secondary N) is 2. The summed E-state index contributed by atoms with van der Waals surface area (Å²) in [6, 6.07) is 5.91. The van der Waals surface area contributed by atoms with Crippen LogP contribution in [0.5, 0.6) is 0 Å². The van der Waals surface area contributed by atoms with Gasteiger partial charge in [-0.05, 0) is 25.8 Å². The Morgan fingerprint density at radius 2 is 1.83 bits per heavy atom. The summed E-state index contributed by atoms with van der Waals surface area (Å²) < 4.78 is 0. The maximum absolute atomic E-state index is 12.5. The van der Waals surface area contributed by atoms with Crippen molar-refractivity contribution >= 4 is 23.3 Å². The number of carbonyl (C=O) groups excluding carboxylic acids is 2. The number of urea groups is 1. The normalized spacial score (nSPS) is 19.4. The molecule has 2 N–H and O–H groups in total. The molecule has 1 aromatic rings. The van der Waals surface area contributed by atoms with E-state index < -0.39 is 17.0 Å². The minimum absolute atomic E-state index is 0.0710. The summed E-state index contributed by atoms with van der Waals surface area (Å²) in [6.07, 6.45) is 5.37. The lowest BCUT2D eigenvalue weighted by Gasteiger charge is -2.38. The highest BCUT2D eigenvalue weighted by molar-refractivity contribution is 5.96. The van der Waals surface area contributed by atoms with Crippen LogP contribution in [0.3, 0.4) is 0 Å². The van der Waals surface area contributed by atoms with E-state index in [1.54, 1.807) is 19.1 Å². The van der Waals surface area contributed by atoms with Crippen molar-refractivity contribution in [3.8, 4) is 0 Å². The number of anilines is 1. The number of nitro benzene ring substituents is 1. The van der Waals surface area contributed by atoms with Gasteiger partial charge in [0.1, 0.15) is 0 Å². The summed E-state index contributed by atoms with van der Waals surface area (Å²) >= 11 is 0. The molecule has 1 saturated heterocycles. The van der Waals surface area contributed by atoms with Gasteiger partial charge in [-0.1, -0.05) is 25.3 Å². The Kier molecular flexibility index (Phi) is 7.03. The molecule has 9 nitrogen and oxygen atoms in total. The Hall–Kier alpha value is -2.68. The molecule has 1 saturated carbocycles. The van der Waals surface area contributed by atoms with Crippen LogP contribution in [0.25, 0.3) is 0 Å². The van der Waals surface area contributed by atoms with Gasteiger partial charge in [0.15, 0.2) is 0 Å². The van der Waals surface area contributed by atoms with Crippen LogP contribution in [0, 0.1) is 10.1 Å². The highest BCUT2D eigenvalue weighted by Crippen LogP contribution is 2.22. The van der Waals surface area contributed by atoms with E-state index in [1.807, 2.05) is 11.0 Å². The van der Waals surface area contributed by atoms with Crippen molar-refractivity contribution in [3.63, 3.8) is 0 Å². The predicted molar refractivity (Wildman–Crippen MR) is 110 cm³/mol. The first-order valence-corrected chi connectivity index (χ1v) is 10.3. The van der Waals surface area contributed by atoms with E-state index in [-0.39, 0.29) is 17.6 Å². The van der Waals surface area contributed by atoms with Crippen molar-refractivity contribution in [1.29, 1.82) is 0 Å². The van der Waals surface area contributed by atoms with Crippen LogP contribution in [0.15, 0.2) is 24.3 Å². The number of rotatable bonds is 5. The van der Waals surface area contributed by atoms with Crippen LogP contribution < -0.4 is 15.5 Å². The molecule has 1 unspecified atom stereocenters. The molecule has 2 fully saturated rings. The first kappa shape index (κ1) is 21.0. The number of nitrogens with zero attached hydrogens (tertiary/aromatic N) is 3. The zero-order chi connectivity index (χ0) is 20.8. The summed E-state index contributed by atoms with van der Waals surface area (Å²) in [4.78, 5) is 39.2. The zero-order valence-electron chi connectivity index (χ0n) is 16.8. The third-order valence-electron chi connectivity index (χ3n) is 5.82. The van der Waals surface area contributed by atoms with Crippen molar-refractivity contribution in [2.75, 3.05) is 31.1 Å². The molecule has 2 aliphatic rings. The van der Waals surface area contributed by atoms with Gasteiger partial charge in [0.25, 0.3) is 5.69 Å². The van der Waals surface area contributed by atoms with Crippen molar-refractivity contribution in [1.82, 2.24) is 15.5 Å². The molecular formula is C20H29N5O4. The van der Waals surface area contributed by atoms with Crippen molar-refractivity contribution in [3.05, 3.63) is 34.4 Å². The fourth-order valence-electron chi connectivity index (χ4n) is 4.02. The van der Waals surface area contributed by atoms with E-state index >= 15 is 0 Å². The van der Waals surface area contributed by atoms with E-state index in [0.717, 1.165) is 31.4 Å². The standard InChI is InChI=1S/C20H29N5O4/c1-15(19(26)22-20(27)21-16-6-3-2-4-7-16)23-10-12-24(13-11-23)17-8-5-9-18(14-17)25(28)29/h5,8-9,14-16H,2-4,6-7,10-13H2,1H3,(H2,21,22,26,27). The number of amides is 3. The average molecular weight is 403 g/mol. The molecule has 1 aromatic carbocycles. The van der Waals surface area contributed by atoms with Crippen molar-refractivity contribution in [2.24, 2.45) is 0 Å². The lowest BCUT2D eigenvalue weighted by molar-refractivity contribution is -0.384. The second-order valence-corrected chi connectivity index (χ2v) is 7.77. The molecule has 3 amide bonds. The van der Waals surface area contributed by atoms with Gasteiger partial charge >= 0.3 is 6.03 Å². The number of hydrogen-bond donors (Lipinski definition) is 2. The second kappa shape index (κ2) is 9.69. The molecule has 0 radical (unpaired) electrons. The summed E-state index contributed by atoms with van der Waals surface area (Å²) in [5.74, 6) is -0.304. The van der Waals surface area contributed by atoms with Crippen LogP contribution in [0.1, 0.15) is 39.0 Å². The number of non-ortho nitro benzene ring substituents is 1. The Bertz CT molecular complexity index is 742. The van der Waals surface area contributed by atoms with Crippen LogP contribution in [-0.4, -0.2) is 60.0 Å². The number of hydrogen-bond acceptors (Lipinski definition) is 6. The molecule has 1 aliphatic heterocycles. The minimum atomic E-state index is -0.417. The molecule has 9 heteroatoms. The molecule has 0 spiro atoms. The van der Waals surface area contributed by atoms with Crippen LogP contribution in [-0.2, 0) is 4.79 Å². The number of benzene rings is 1. The first-order chi connectivity index (χ1) is 13.9. The highest BCUT2D eigenvalue weighted by Gasteiger charge is 2.27. The molecule has 1 aliphatic carbocycles. The Morgan fingerprint density at radius 3 is 2.48 bits per heavy atom. The van der Waals surface area contributed by atoms with E-state index in [2.05, 4.69) is 15.5 Å². The summed E-state index contributed by atoms with van der Waals surface area (Å²) in [7, 11) is 0. The molecule has 1 heterocycles. The monoisotopic (exact) mass is 403 g/mol. The molecule has 29 heavy (non-hydrogen) atoms. The van der Waals surface area contributed by atoms with E-state index in [1.165, 1.54) is 12.5 Å². The maximum atomic E-state index is 12.5. The highest BCUT2D eigenvalue weighted by atomic mass is 16.6. The second-order valence-electron chi connectivity index (χ2n) is 7.77. The number of imide groups is 1. The Balaban J connectivity index is 1.47. The number of carbonyl (C=O) groups is 2. The quantitative estimate of drug-likeness (QED) is 0.577. The topological polar surface area (TPSA) is 108 Å². The van der Waals surface area contributed by atoms with Gasteiger partial charge in [-0.2, -0.15) is 0 Å². The van der Waals surface area contributed by atoms with Gasteiger partial charge in [-0.3, -0.25) is 25.1 Å². The van der Waals surface area contributed by atoms with Gasteiger partial charge in [-0.25, -0.2) is 4.79 Å². The van der Waals surface area contributed by atoms with Crippen LogP contribution in [0.2, 0.25) is 0 Å². The SMILES string of the molecule is CC(C(=O)NC(=O)NC1CCCCC1)N1CCN(c2cccc([N+](=O)[O-])c2)CC1. The van der Waals surface area contributed by atoms with Gasteiger partial charge in [0.05, 0.1) is 11.0 Å². The van der Waals surface area contributed by atoms with Gasteiger partial charge in [0.2, 0.25) is 5.91 Å². The van der Waals surface area contributed by atoms with Crippen molar-refractivity contribution in [2.45, 2.75) is 51.1 Å². The average Bonchev–Trinajstić information content (AvgIpc) is 2.74. The molecule has 0 bridgehead atoms. The zero-order valence-corrected chi connectivity index (χ0v) is 16.8. The molecule has 3 rings (SSSR count). The Labute approximate surface area is 170 Å². The Morgan fingerprint density at radius 1 is 1.14 bits per heavy atom. The third kappa shape index (κ3) is 5.66. The largest absolute Gasteiger partial charge is 0.369 e. The first-order valence-electron chi connectivity index (χ1n) is 10.3. The summed E-state index contributed by atoms with van der Waals surface area (Å²) in [6.45, 7) is 4.40. The summed E-state index contributed by atoms with van der Waals surface area (Å²) in [5, 5.41) is 16.3. The summed E-state index contributed by atoms with van der Waals surface area (Å²) in [5.41, 5.74) is 0.879. The lowest BCUT2D eigenvalue weighted by atomic mass is 9.96. The van der Waals surface area contributed by atoms with Gasteiger partial charge < -0.3 is 10.2 Å². The third-order valence-corrected chi connectivity index (χ3v) is 5.82. The van der Waals surface area contributed by atoms with Crippen LogP contribution >= 0.6 is 0 Å². The lowest BCUT2D eigenvalue weighted by Crippen LogP contribution is -2.56. The van der Waals surface area contributed by atoms with E-state index in [0.29, 0.717) is 26.2 Å². The van der Waals surface area contributed by atoms with Gasteiger partial charge in [0, 0.05) is 50.0 Å². The smallest absolute Gasteiger partial charge is 0.321 e. The number of piperazine rings is 1.